The third kappa shape index (κ3) is 5.34. The predicted octanol–water partition coefficient (Wildman–Crippen LogP) is 15.5. The van der Waals surface area contributed by atoms with E-state index in [1.165, 1.54) is 59.8 Å². The molecule has 0 atom stereocenters. The van der Waals surface area contributed by atoms with Crippen LogP contribution in [0.4, 0.5) is 17.1 Å². The third-order valence-corrected chi connectivity index (χ3v) is 11.2. The molecule has 0 saturated carbocycles. The van der Waals surface area contributed by atoms with Gasteiger partial charge in [0.05, 0.1) is 0 Å². The monoisotopic (exact) mass is 713 g/mol. The first kappa shape index (κ1) is 32.0. The van der Waals surface area contributed by atoms with E-state index >= 15 is 0 Å². The van der Waals surface area contributed by atoms with E-state index in [1.807, 2.05) is 0 Å². The highest BCUT2D eigenvalue weighted by molar-refractivity contribution is 6.21. The zero-order chi connectivity index (χ0) is 37.0. The van der Waals surface area contributed by atoms with Crippen molar-refractivity contribution in [3.05, 3.63) is 211 Å². The minimum Gasteiger partial charge on any atom is -0.456 e. The maximum atomic E-state index is 6.66. The molecule has 0 amide bonds. The number of furan rings is 1. The Morgan fingerprint density at radius 3 is 1.68 bits per heavy atom. The second-order valence-corrected chi connectivity index (χ2v) is 14.5. The second-order valence-electron chi connectivity index (χ2n) is 14.5. The average molecular weight is 714 g/mol. The van der Waals surface area contributed by atoms with Gasteiger partial charge >= 0.3 is 0 Å². The van der Waals surface area contributed by atoms with Gasteiger partial charge in [0.1, 0.15) is 11.2 Å². The number of fused-ring (bicyclic) bond motifs is 7. The predicted molar refractivity (Wildman–Crippen MR) is 239 cm³/mol. The highest BCUT2D eigenvalue weighted by Gasteiger charge is 2.18. The molecule has 56 heavy (non-hydrogen) atoms. The molecular formula is C54H35NO. The molecule has 0 unspecified atom stereocenters. The van der Waals surface area contributed by atoms with E-state index in [0.29, 0.717) is 0 Å². The van der Waals surface area contributed by atoms with Crippen molar-refractivity contribution >= 4 is 94.2 Å². The molecule has 0 aliphatic heterocycles. The van der Waals surface area contributed by atoms with Gasteiger partial charge in [-0.2, -0.15) is 0 Å². The highest BCUT2D eigenvalue weighted by Crippen LogP contribution is 2.43. The molecule has 0 N–H and O–H groups in total. The molecule has 0 radical (unpaired) electrons. The SMILES string of the molecule is C(=Cc1c2ccccc2c(-c2cccc3ccccc23)c2ccccc12)c1ccc2c(c1)oc1cc(N(c3ccccc3)c3ccc4ccccc4c3)ccc12. The first-order valence-electron chi connectivity index (χ1n) is 19.2. The highest BCUT2D eigenvalue weighted by atomic mass is 16.3. The molecule has 0 fully saturated rings. The van der Waals surface area contributed by atoms with Crippen LogP contribution in [0.3, 0.4) is 0 Å². The van der Waals surface area contributed by atoms with Crippen molar-refractivity contribution < 1.29 is 4.42 Å². The molecule has 0 bridgehead atoms. The van der Waals surface area contributed by atoms with Gasteiger partial charge in [0.25, 0.3) is 0 Å². The van der Waals surface area contributed by atoms with Gasteiger partial charge in [-0.25, -0.2) is 0 Å². The van der Waals surface area contributed by atoms with E-state index < -0.39 is 0 Å². The van der Waals surface area contributed by atoms with Gasteiger partial charge in [-0.15, -0.1) is 0 Å². The first-order valence-corrected chi connectivity index (χ1v) is 19.2. The minimum absolute atomic E-state index is 0.862. The normalized spacial score (nSPS) is 11.9. The van der Waals surface area contributed by atoms with Gasteiger partial charge in [-0.3, -0.25) is 0 Å². The van der Waals surface area contributed by atoms with E-state index in [4.69, 9.17) is 4.42 Å². The Morgan fingerprint density at radius 1 is 0.339 bits per heavy atom. The molecule has 0 aliphatic carbocycles. The summed E-state index contributed by atoms with van der Waals surface area (Å²) >= 11 is 0. The number of hydrogen-bond donors (Lipinski definition) is 0. The van der Waals surface area contributed by atoms with Crippen LogP contribution in [0.25, 0.3) is 88.3 Å². The van der Waals surface area contributed by atoms with E-state index in [1.54, 1.807) is 0 Å². The Morgan fingerprint density at radius 2 is 0.911 bits per heavy atom. The minimum atomic E-state index is 0.862. The van der Waals surface area contributed by atoms with Crippen molar-refractivity contribution in [2.45, 2.75) is 0 Å². The Bertz CT molecular complexity index is 3250. The molecule has 10 aromatic carbocycles. The largest absolute Gasteiger partial charge is 0.456 e. The van der Waals surface area contributed by atoms with Crippen LogP contribution >= 0.6 is 0 Å². The summed E-state index contributed by atoms with van der Waals surface area (Å²) in [5.41, 5.74) is 9.81. The molecule has 2 heteroatoms. The van der Waals surface area contributed by atoms with Crippen molar-refractivity contribution in [1.82, 2.24) is 0 Å². The van der Waals surface area contributed by atoms with Gasteiger partial charge in [-0.1, -0.05) is 158 Å². The van der Waals surface area contributed by atoms with Crippen LogP contribution < -0.4 is 4.90 Å². The van der Waals surface area contributed by atoms with Crippen LogP contribution in [0, 0.1) is 0 Å². The lowest BCUT2D eigenvalue weighted by atomic mass is 9.86. The fourth-order valence-electron chi connectivity index (χ4n) is 8.62. The van der Waals surface area contributed by atoms with Gasteiger partial charge in [0.2, 0.25) is 0 Å². The summed E-state index contributed by atoms with van der Waals surface area (Å²) < 4.78 is 6.66. The lowest BCUT2D eigenvalue weighted by molar-refractivity contribution is 0.669. The molecule has 0 saturated heterocycles. The molecule has 262 valence electrons. The number of benzene rings is 10. The topological polar surface area (TPSA) is 16.4 Å². The zero-order valence-electron chi connectivity index (χ0n) is 30.6. The van der Waals surface area contributed by atoms with Crippen LogP contribution in [-0.2, 0) is 0 Å². The Balaban J connectivity index is 1.01. The van der Waals surface area contributed by atoms with E-state index in [9.17, 15) is 0 Å². The summed E-state index contributed by atoms with van der Waals surface area (Å²) in [7, 11) is 0. The van der Waals surface area contributed by atoms with Gasteiger partial charge < -0.3 is 9.32 Å². The number of anilines is 3. The summed E-state index contributed by atoms with van der Waals surface area (Å²) in [6.07, 6.45) is 4.50. The van der Waals surface area contributed by atoms with Crippen LogP contribution in [0.15, 0.2) is 205 Å². The standard InChI is InChI=1S/C54H35NO/c1-2-17-40(18-3-1)55(41-28-27-37-13-4-5-15-39(37)34-41)42-29-32-48-47-31-26-36(33-52(47)56-53(48)35-42)25-30-46-44-20-8-10-22-50(44)54(51-23-11-9-21-45(46)51)49-24-12-16-38-14-6-7-19-43(38)49/h1-35H. The summed E-state index contributed by atoms with van der Waals surface area (Å²) in [4.78, 5) is 2.30. The summed E-state index contributed by atoms with van der Waals surface area (Å²) in [5, 5.41) is 12.1. The molecular weight excluding hydrogens is 679 g/mol. The molecule has 2 nitrogen and oxygen atoms in total. The number of para-hydroxylation sites is 1. The van der Waals surface area contributed by atoms with Gasteiger partial charge in [0, 0.05) is 33.9 Å². The average Bonchev–Trinajstić information content (AvgIpc) is 3.62. The second kappa shape index (κ2) is 13.2. The quantitative estimate of drug-likeness (QED) is 0.126. The molecule has 0 aliphatic rings. The molecule has 0 spiro atoms. The van der Waals surface area contributed by atoms with Crippen LogP contribution in [-0.4, -0.2) is 0 Å². The lowest BCUT2D eigenvalue weighted by Gasteiger charge is -2.25. The van der Waals surface area contributed by atoms with Crippen molar-refractivity contribution in [3.8, 4) is 11.1 Å². The van der Waals surface area contributed by atoms with Crippen molar-refractivity contribution in [1.29, 1.82) is 0 Å². The zero-order valence-corrected chi connectivity index (χ0v) is 30.6. The summed E-state index contributed by atoms with van der Waals surface area (Å²) in [6, 6.07) is 71.8. The third-order valence-electron chi connectivity index (χ3n) is 11.2. The van der Waals surface area contributed by atoms with Gasteiger partial charge in [0.15, 0.2) is 0 Å². The maximum absolute atomic E-state index is 6.66. The number of rotatable bonds is 6. The smallest absolute Gasteiger partial charge is 0.137 e. The first-order chi connectivity index (χ1) is 27.8. The Hall–Kier alpha value is -7.42. The molecule has 1 heterocycles. The summed E-state index contributed by atoms with van der Waals surface area (Å²) in [5.74, 6) is 0. The van der Waals surface area contributed by atoms with Crippen LogP contribution in [0.5, 0.6) is 0 Å². The molecule has 11 aromatic rings. The van der Waals surface area contributed by atoms with Crippen molar-refractivity contribution in [2.24, 2.45) is 0 Å². The van der Waals surface area contributed by atoms with Crippen LogP contribution in [0.1, 0.15) is 11.1 Å². The lowest BCUT2D eigenvalue weighted by Crippen LogP contribution is -2.09. The Labute approximate surface area is 324 Å². The fraction of sp³-hybridized carbons (Fsp3) is 0. The van der Waals surface area contributed by atoms with E-state index in [2.05, 4.69) is 217 Å². The molecule has 11 rings (SSSR count). The summed E-state index contributed by atoms with van der Waals surface area (Å²) in [6.45, 7) is 0. The number of nitrogens with zero attached hydrogens (tertiary/aromatic N) is 1. The van der Waals surface area contributed by atoms with E-state index in [0.717, 1.165) is 44.6 Å². The fourth-order valence-corrected chi connectivity index (χ4v) is 8.62. The Kier molecular flexibility index (Phi) is 7.53. The number of hydrogen-bond acceptors (Lipinski definition) is 2. The molecule has 1 aromatic heterocycles. The van der Waals surface area contributed by atoms with Crippen molar-refractivity contribution in [3.63, 3.8) is 0 Å². The van der Waals surface area contributed by atoms with E-state index in [-0.39, 0.29) is 0 Å². The van der Waals surface area contributed by atoms with Crippen LogP contribution in [0.2, 0.25) is 0 Å². The van der Waals surface area contributed by atoms with Crippen molar-refractivity contribution in [2.75, 3.05) is 4.90 Å². The maximum Gasteiger partial charge on any atom is 0.137 e. The van der Waals surface area contributed by atoms with Gasteiger partial charge in [-0.05, 0) is 114 Å².